The highest BCUT2D eigenvalue weighted by atomic mass is 79.9. The molecule has 0 aliphatic rings. The molecule has 13 heavy (non-hydrogen) atoms. The van der Waals surface area contributed by atoms with Gasteiger partial charge in [-0.25, -0.2) is 0 Å². The van der Waals surface area contributed by atoms with Gasteiger partial charge in [-0.1, -0.05) is 48.5 Å². The van der Waals surface area contributed by atoms with Gasteiger partial charge in [-0.15, -0.1) is 5.73 Å². The SMILES string of the molecule is C=C=C(c1ccc(Br)cc1)C(C)C. The molecule has 0 bridgehead atoms. The summed E-state index contributed by atoms with van der Waals surface area (Å²) in [4.78, 5) is 0. The van der Waals surface area contributed by atoms with Gasteiger partial charge in [-0.3, -0.25) is 0 Å². The molecular formula is C12H13Br. The molecule has 68 valence electrons. The van der Waals surface area contributed by atoms with Crippen LogP contribution in [0.3, 0.4) is 0 Å². The van der Waals surface area contributed by atoms with Crippen molar-refractivity contribution in [2.45, 2.75) is 13.8 Å². The molecule has 1 aromatic rings. The molecular weight excluding hydrogens is 224 g/mol. The highest BCUT2D eigenvalue weighted by Crippen LogP contribution is 2.23. The summed E-state index contributed by atoms with van der Waals surface area (Å²) in [5.74, 6) is 0.471. The molecule has 0 radical (unpaired) electrons. The first-order chi connectivity index (χ1) is 6.15. The lowest BCUT2D eigenvalue weighted by atomic mass is 9.97. The van der Waals surface area contributed by atoms with Crippen LogP contribution in [0.2, 0.25) is 0 Å². The van der Waals surface area contributed by atoms with Crippen molar-refractivity contribution >= 4 is 21.5 Å². The van der Waals surface area contributed by atoms with Crippen molar-refractivity contribution in [3.8, 4) is 0 Å². The molecule has 1 rings (SSSR count). The van der Waals surface area contributed by atoms with Gasteiger partial charge < -0.3 is 0 Å². The largest absolute Gasteiger partial charge is 0.124 e. The van der Waals surface area contributed by atoms with Gasteiger partial charge in [0.15, 0.2) is 0 Å². The molecule has 0 atom stereocenters. The molecule has 0 aromatic heterocycles. The standard InChI is InChI=1S/C12H13Br/c1-4-12(9(2)3)10-5-7-11(13)8-6-10/h5-9H,1H2,2-3H3. The molecule has 0 unspecified atom stereocenters. The molecule has 1 aromatic carbocycles. The van der Waals surface area contributed by atoms with Crippen molar-refractivity contribution in [1.29, 1.82) is 0 Å². The van der Waals surface area contributed by atoms with Gasteiger partial charge in [0.1, 0.15) is 0 Å². The lowest BCUT2D eigenvalue weighted by molar-refractivity contribution is 0.857. The van der Waals surface area contributed by atoms with E-state index < -0.39 is 0 Å². The smallest absolute Gasteiger partial charge is 0.0175 e. The molecule has 0 fully saturated rings. The summed E-state index contributed by atoms with van der Waals surface area (Å²) in [5, 5.41) is 0. The van der Waals surface area contributed by atoms with E-state index in [1.165, 1.54) is 11.1 Å². The molecule has 0 saturated carbocycles. The van der Waals surface area contributed by atoms with Gasteiger partial charge in [0, 0.05) is 10.0 Å². The Morgan fingerprint density at radius 3 is 2.23 bits per heavy atom. The van der Waals surface area contributed by atoms with E-state index in [0.29, 0.717) is 5.92 Å². The van der Waals surface area contributed by atoms with E-state index in [9.17, 15) is 0 Å². The Hall–Kier alpha value is -0.780. The summed E-state index contributed by atoms with van der Waals surface area (Å²) < 4.78 is 1.10. The van der Waals surface area contributed by atoms with Crippen LogP contribution in [0.5, 0.6) is 0 Å². The quantitative estimate of drug-likeness (QED) is 0.673. The first-order valence-electron chi connectivity index (χ1n) is 4.31. The van der Waals surface area contributed by atoms with Crippen LogP contribution in [-0.4, -0.2) is 0 Å². The molecule has 0 spiro atoms. The van der Waals surface area contributed by atoms with Crippen molar-refractivity contribution in [2.75, 3.05) is 0 Å². The topological polar surface area (TPSA) is 0 Å². The van der Waals surface area contributed by atoms with Gasteiger partial charge in [-0.05, 0) is 23.6 Å². The normalized spacial score (nSPS) is 9.85. The Morgan fingerprint density at radius 2 is 1.85 bits per heavy atom. The fraction of sp³-hybridized carbons (Fsp3) is 0.250. The molecule has 0 heterocycles. The zero-order valence-electron chi connectivity index (χ0n) is 7.97. The first kappa shape index (κ1) is 10.3. The van der Waals surface area contributed by atoms with Crippen LogP contribution in [0.25, 0.3) is 5.57 Å². The zero-order chi connectivity index (χ0) is 9.84. The van der Waals surface area contributed by atoms with Gasteiger partial charge in [-0.2, -0.15) is 0 Å². The number of hydrogen-bond acceptors (Lipinski definition) is 0. The lowest BCUT2D eigenvalue weighted by Crippen LogP contribution is -1.91. The number of benzene rings is 1. The Labute approximate surface area is 88.1 Å². The van der Waals surface area contributed by atoms with Crippen molar-refractivity contribution in [1.82, 2.24) is 0 Å². The molecule has 0 saturated heterocycles. The Kier molecular flexibility index (Phi) is 3.53. The fourth-order valence-electron chi connectivity index (χ4n) is 1.27. The van der Waals surface area contributed by atoms with Crippen LogP contribution in [0.4, 0.5) is 0 Å². The average molecular weight is 237 g/mol. The van der Waals surface area contributed by atoms with Crippen LogP contribution in [0.15, 0.2) is 41.0 Å². The predicted molar refractivity (Wildman–Crippen MR) is 61.5 cm³/mol. The van der Waals surface area contributed by atoms with E-state index in [-0.39, 0.29) is 0 Å². The summed E-state index contributed by atoms with van der Waals surface area (Å²) >= 11 is 3.41. The second-order valence-corrected chi connectivity index (χ2v) is 4.17. The maximum Gasteiger partial charge on any atom is 0.0175 e. The number of allylic oxidation sites excluding steroid dienone is 1. The van der Waals surface area contributed by atoms with Crippen molar-refractivity contribution < 1.29 is 0 Å². The summed E-state index contributed by atoms with van der Waals surface area (Å²) in [5.41, 5.74) is 5.36. The maximum absolute atomic E-state index is 3.71. The third-order valence-electron chi connectivity index (χ3n) is 1.92. The second kappa shape index (κ2) is 4.45. The van der Waals surface area contributed by atoms with E-state index >= 15 is 0 Å². The van der Waals surface area contributed by atoms with E-state index in [4.69, 9.17) is 0 Å². The van der Waals surface area contributed by atoms with E-state index in [2.05, 4.69) is 54.2 Å². The fourth-order valence-corrected chi connectivity index (χ4v) is 1.53. The van der Waals surface area contributed by atoms with Crippen molar-refractivity contribution in [3.63, 3.8) is 0 Å². The van der Waals surface area contributed by atoms with Crippen LogP contribution >= 0.6 is 15.9 Å². The second-order valence-electron chi connectivity index (χ2n) is 3.25. The molecule has 0 N–H and O–H groups in total. The van der Waals surface area contributed by atoms with Crippen LogP contribution in [-0.2, 0) is 0 Å². The number of halogens is 1. The van der Waals surface area contributed by atoms with Crippen LogP contribution in [0, 0.1) is 5.92 Å². The van der Waals surface area contributed by atoms with Gasteiger partial charge >= 0.3 is 0 Å². The van der Waals surface area contributed by atoms with Gasteiger partial charge in [0.05, 0.1) is 0 Å². The Morgan fingerprint density at radius 1 is 1.31 bits per heavy atom. The molecule has 0 aliphatic carbocycles. The summed E-state index contributed by atoms with van der Waals surface area (Å²) in [6.45, 7) is 8.00. The minimum Gasteiger partial charge on any atom is -0.124 e. The predicted octanol–water partition coefficient (Wildman–Crippen LogP) is 4.27. The van der Waals surface area contributed by atoms with Gasteiger partial charge in [0.25, 0.3) is 0 Å². The summed E-state index contributed by atoms with van der Waals surface area (Å²) in [7, 11) is 0. The average Bonchev–Trinajstić information content (AvgIpc) is 2.09. The highest BCUT2D eigenvalue weighted by molar-refractivity contribution is 9.10. The molecule has 1 heteroatoms. The molecule has 0 amide bonds. The monoisotopic (exact) mass is 236 g/mol. The zero-order valence-corrected chi connectivity index (χ0v) is 9.56. The first-order valence-corrected chi connectivity index (χ1v) is 5.10. The minimum absolute atomic E-state index is 0.471. The van der Waals surface area contributed by atoms with E-state index in [0.717, 1.165) is 4.47 Å². The number of hydrogen-bond donors (Lipinski definition) is 0. The third-order valence-corrected chi connectivity index (χ3v) is 2.45. The lowest BCUT2D eigenvalue weighted by Gasteiger charge is -2.08. The Bertz CT molecular complexity index is 327. The summed E-state index contributed by atoms with van der Waals surface area (Å²) in [6, 6.07) is 8.24. The van der Waals surface area contributed by atoms with Crippen molar-refractivity contribution in [3.05, 3.63) is 46.6 Å². The Balaban J connectivity index is 3.08. The van der Waals surface area contributed by atoms with E-state index in [1.54, 1.807) is 0 Å². The van der Waals surface area contributed by atoms with Crippen molar-refractivity contribution in [2.24, 2.45) is 5.92 Å². The summed E-state index contributed by atoms with van der Waals surface area (Å²) in [6.07, 6.45) is 0. The van der Waals surface area contributed by atoms with Crippen LogP contribution in [0.1, 0.15) is 19.4 Å². The number of rotatable bonds is 2. The molecule has 0 nitrogen and oxygen atoms in total. The van der Waals surface area contributed by atoms with E-state index in [1.807, 2.05) is 12.1 Å². The molecule has 0 aliphatic heterocycles. The van der Waals surface area contributed by atoms with Gasteiger partial charge in [0.2, 0.25) is 0 Å². The minimum atomic E-state index is 0.471. The highest BCUT2D eigenvalue weighted by Gasteiger charge is 2.04. The third kappa shape index (κ3) is 2.58. The van der Waals surface area contributed by atoms with Crippen LogP contribution < -0.4 is 0 Å². The maximum atomic E-state index is 3.71.